The summed E-state index contributed by atoms with van der Waals surface area (Å²) in [5, 5.41) is 22.6. The van der Waals surface area contributed by atoms with Gasteiger partial charge in [0.2, 0.25) is 5.91 Å². The number of aliphatic carboxylic acids is 1. The molecule has 2 N–H and O–H groups in total. The SMILES string of the molecule is CN1CC[C@H]2CCO[C@@H](C2)[C@@H]2CC[C@H]2CN2CCCCc3cc(Cl)ccc3COc3ccc(cc32)[C@](O)(C(=O)O)CC1=O. The predicted octanol–water partition coefficient (Wildman–Crippen LogP) is 5.41. The summed E-state index contributed by atoms with van der Waals surface area (Å²) in [5.74, 6) is 0.201. The number of benzene rings is 2. The topological polar surface area (TPSA) is 99.5 Å². The van der Waals surface area contributed by atoms with Crippen molar-refractivity contribution in [2.24, 2.45) is 17.8 Å². The van der Waals surface area contributed by atoms with E-state index in [2.05, 4.69) is 4.90 Å². The van der Waals surface area contributed by atoms with E-state index in [1.165, 1.54) is 5.56 Å². The summed E-state index contributed by atoms with van der Waals surface area (Å²) in [5.41, 5.74) is 0.836. The molecular weight excluding hydrogens is 568 g/mol. The third-order valence-electron chi connectivity index (χ3n) is 10.3. The Hall–Kier alpha value is -2.81. The average molecular weight is 611 g/mol. The van der Waals surface area contributed by atoms with Crippen LogP contribution >= 0.6 is 11.6 Å². The van der Waals surface area contributed by atoms with E-state index in [4.69, 9.17) is 21.1 Å². The second-order valence-corrected chi connectivity index (χ2v) is 13.5. The molecule has 1 aliphatic carbocycles. The molecule has 9 heteroatoms. The van der Waals surface area contributed by atoms with E-state index in [0.29, 0.717) is 41.7 Å². The van der Waals surface area contributed by atoms with Gasteiger partial charge in [0.1, 0.15) is 12.4 Å². The van der Waals surface area contributed by atoms with Gasteiger partial charge in [-0.1, -0.05) is 23.7 Å². The lowest BCUT2D eigenvalue weighted by molar-refractivity contribution is -0.164. The van der Waals surface area contributed by atoms with Crippen LogP contribution in [0.2, 0.25) is 5.02 Å². The molecule has 2 aromatic carbocycles. The fourth-order valence-corrected chi connectivity index (χ4v) is 7.60. The first-order valence-corrected chi connectivity index (χ1v) is 16.2. The maximum absolute atomic E-state index is 13.3. The Kier molecular flexibility index (Phi) is 8.90. The van der Waals surface area contributed by atoms with Gasteiger partial charge in [-0.2, -0.15) is 0 Å². The minimum atomic E-state index is -2.36. The first kappa shape index (κ1) is 30.2. The Morgan fingerprint density at radius 2 is 1.91 bits per heavy atom. The van der Waals surface area contributed by atoms with Crippen LogP contribution in [0.3, 0.4) is 0 Å². The van der Waals surface area contributed by atoms with Gasteiger partial charge in [-0.15, -0.1) is 0 Å². The average Bonchev–Trinajstić information content (AvgIpc) is 3.00. The van der Waals surface area contributed by atoms with Crippen molar-refractivity contribution in [3.05, 3.63) is 58.1 Å². The number of rotatable bonds is 1. The summed E-state index contributed by atoms with van der Waals surface area (Å²) in [6.45, 7) is 3.19. The molecule has 1 amide bonds. The minimum Gasteiger partial charge on any atom is -0.487 e. The normalized spacial score (nSPS) is 30.2. The number of hydrogen-bond donors (Lipinski definition) is 2. The molecule has 0 unspecified atom stereocenters. The first-order chi connectivity index (χ1) is 20.7. The number of fused-ring (bicyclic) bond motifs is 6. The molecule has 0 radical (unpaired) electrons. The summed E-state index contributed by atoms with van der Waals surface area (Å²) >= 11 is 6.33. The van der Waals surface area contributed by atoms with Gasteiger partial charge < -0.3 is 29.5 Å². The molecule has 6 rings (SSSR count). The number of carbonyl (C=O) groups is 2. The number of carboxylic acid groups (broad SMARTS) is 1. The zero-order chi connectivity index (χ0) is 30.1. The standard InChI is InChI=1S/C34H43ClN2O6/c1-36-14-11-22-12-15-42-31(16-22)28-9-6-24(28)20-37-13-3-2-4-23-17-27(35)8-5-25(23)21-43-30-10-7-26(18-29(30)37)34(41,33(39)40)19-32(36)38/h5,7-8,10,17-18,22,24,28,31,41H,2-4,6,9,11-16,19-21H2,1H3,(H,39,40)/t22-,24-,28+,31-,34-/m0/s1. The predicted molar refractivity (Wildman–Crippen MR) is 164 cm³/mol. The number of aliphatic hydroxyl groups is 1. The number of nitrogens with zero attached hydrogens (tertiary/aromatic N) is 2. The second kappa shape index (κ2) is 12.7. The molecule has 2 fully saturated rings. The van der Waals surface area contributed by atoms with Gasteiger partial charge in [0, 0.05) is 38.3 Å². The van der Waals surface area contributed by atoms with E-state index in [1.54, 1.807) is 30.1 Å². The Bertz CT molecular complexity index is 1350. The van der Waals surface area contributed by atoms with Gasteiger partial charge in [0.05, 0.1) is 18.2 Å². The lowest BCUT2D eigenvalue weighted by atomic mass is 9.67. The lowest BCUT2D eigenvalue weighted by Gasteiger charge is -2.47. The number of aryl methyl sites for hydroxylation is 1. The highest BCUT2D eigenvalue weighted by Gasteiger charge is 2.44. The van der Waals surface area contributed by atoms with Gasteiger partial charge >= 0.3 is 5.97 Å². The van der Waals surface area contributed by atoms with Crippen LogP contribution < -0.4 is 9.64 Å². The van der Waals surface area contributed by atoms with Crippen LogP contribution in [0, 0.1) is 17.8 Å². The third-order valence-corrected chi connectivity index (χ3v) is 10.6. The van der Waals surface area contributed by atoms with Gasteiger partial charge in [-0.05, 0) is 110 Å². The quantitative estimate of drug-likeness (QED) is 0.446. The molecule has 43 heavy (non-hydrogen) atoms. The summed E-state index contributed by atoms with van der Waals surface area (Å²) in [6, 6.07) is 11.0. The highest BCUT2D eigenvalue weighted by Crippen LogP contribution is 2.45. The zero-order valence-electron chi connectivity index (χ0n) is 25.0. The van der Waals surface area contributed by atoms with E-state index < -0.39 is 18.0 Å². The molecule has 3 heterocycles. The van der Waals surface area contributed by atoms with Crippen molar-refractivity contribution < 1.29 is 29.3 Å². The Balaban J connectivity index is 1.41. The maximum Gasteiger partial charge on any atom is 0.340 e. The largest absolute Gasteiger partial charge is 0.487 e. The van der Waals surface area contributed by atoms with E-state index >= 15 is 0 Å². The van der Waals surface area contributed by atoms with E-state index in [9.17, 15) is 19.8 Å². The molecule has 0 spiro atoms. The fraction of sp³-hybridized carbons (Fsp3) is 0.588. The second-order valence-electron chi connectivity index (χ2n) is 13.0. The van der Waals surface area contributed by atoms with Crippen molar-refractivity contribution in [3.8, 4) is 5.75 Å². The monoisotopic (exact) mass is 610 g/mol. The molecule has 4 aliphatic rings. The third kappa shape index (κ3) is 6.38. The molecule has 1 saturated heterocycles. The summed E-state index contributed by atoms with van der Waals surface area (Å²) in [7, 11) is 1.70. The van der Waals surface area contributed by atoms with E-state index in [1.807, 2.05) is 18.2 Å². The molecule has 1 saturated carbocycles. The number of hydrogen-bond acceptors (Lipinski definition) is 6. The van der Waals surface area contributed by atoms with Gasteiger partial charge in [0.25, 0.3) is 0 Å². The van der Waals surface area contributed by atoms with Crippen molar-refractivity contribution in [2.45, 2.75) is 76.1 Å². The molecule has 3 aliphatic heterocycles. The van der Waals surface area contributed by atoms with Crippen molar-refractivity contribution in [2.75, 3.05) is 38.2 Å². The number of carbonyl (C=O) groups excluding carboxylic acids is 1. The summed E-state index contributed by atoms with van der Waals surface area (Å²) in [4.78, 5) is 29.8. The van der Waals surface area contributed by atoms with E-state index in [0.717, 1.165) is 82.3 Å². The van der Waals surface area contributed by atoms with Crippen LogP contribution in [0.1, 0.15) is 68.1 Å². The van der Waals surface area contributed by atoms with Crippen molar-refractivity contribution in [1.29, 1.82) is 0 Å². The van der Waals surface area contributed by atoms with Crippen molar-refractivity contribution in [1.82, 2.24) is 4.90 Å². The smallest absolute Gasteiger partial charge is 0.340 e. The highest BCUT2D eigenvalue weighted by atomic mass is 35.5. The Labute approximate surface area is 258 Å². The number of anilines is 1. The van der Waals surface area contributed by atoms with Crippen LogP contribution in [0.25, 0.3) is 0 Å². The van der Waals surface area contributed by atoms with Crippen LogP contribution in [-0.4, -0.2) is 66.4 Å². The zero-order valence-corrected chi connectivity index (χ0v) is 25.7. The van der Waals surface area contributed by atoms with Gasteiger partial charge in [-0.25, -0.2) is 4.79 Å². The first-order valence-electron chi connectivity index (χ1n) is 15.8. The molecule has 2 aromatic rings. The highest BCUT2D eigenvalue weighted by molar-refractivity contribution is 6.30. The fourth-order valence-electron chi connectivity index (χ4n) is 7.41. The van der Waals surface area contributed by atoms with Gasteiger partial charge in [0.15, 0.2) is 5.60 Å². The number of halogens is 1. The van der Waals surface area contributed by atoms with E-state index in [-0.39, 0.29) is 17.6 Å². The van der Waals surface area contributed by atoms with Crippen LogP contribution in [0.5, 0.6) is 5.75 Å². The Morgan fingerprint density at radius 3 is 2.70 bits per heavy atom. The maximum atomic E-state index is 13.3. The molecule has 8 nitrogen and oxygen atoms in total. The molecule has 0 aromatic heterocycles. The van der Waals surface area contributed by atoms with Crippen molar-refractivity contribution in [3.63, 3.8) is 0 Å². The molecule has 5 atom stereocenters. The summed E-state index contributed by atoms with van der Waals surface area (Å²) in [6.07, 6.45) is 7.58. The van der Waals surface area contributed by atoms with Crippen LogP contribution in [-0.2, 0) is 33.0 Å². The van der Waals surface area contributed by atoms with Gasteiger partial charge in [-0.3, -0.25) is 4.79 Å². The van der Waals surface area contributed by atoms with Crippen LogP contribution in [0.4, 0.5) is 5.69 Å². The lowest BCUT2D eigenvalue weighted by Crippen LogP contribution is -2.47. The number of amides is 1. The number of ether oxygens (including phenoxy) is 2. The molecule has 232 valence electrons. The van der Waals surface area contributed by atoms with Crippen LogP contribution in [0.15, 0.2) is 36.4 Å². The van der Waals surface area contributed by atoms with Crippen molar-refractivity contribution >= 4 is 29.2 Å². The Morgan fingerprint density at radius 1 is 1.05 bits per heavy atom. The molecular formula is C34H43ClN2O6. The molecule has 4 bridgehead atoms. The number of carboxylic acids is 1. The summed E-state index contributed by atoms with van der Waals surface area (Å²) < 4.78 is 12.8. The minimum absolute atomic E-state index is 0.189.